The highest BCUT2D eigenvalue weighted by Gasteiger charge is 2.50. The van der Waals surface area contributed by atoms with Crippen molar-refractivity contribution in [1.29, 1.82) is 0 Å². The average molecular weight is 420 g/mol. The predicted molar refractivity (Wildman–Crippen MR) is 112 cm³/mol. The number of aromatic nitrogens is 2. The molecule has 5 rings (SSSR count). The lowest BCUT2D eigenvalue weighted by molar-refractivity contribution is -0.137. The first-order chi connectivity index (χ1) is 15.2. The maximum atomic E-state index is 13.2. The van der Waals surface area contributed by atoms with Gasteiger partial charge in [0.1, 0.15) is 6.61 Å². The smallest absolute Gasteiger partial charge is 0.293 e. The molecule has 2 saturated heterocycles. The van der Waals surface area contributed by atoms with Crippen LogP contribution in [0.25, 0.3) is 11.0 Å². The van der Waals surface area contributed by atoms with Crippen LogP contribution in [0.2, 0.25) is 0 Å². The van der Waals surface area contributed by atoms with Gasteiger partial charge in [0.15, 0.2) is 0 Å². The van der Waals surface area contributed by atoms with Crippen molar-refractivity contribution < 1.29 is 18.8 Å². The molecule has 2 aliphatic rings. The zero-order valence-electron chi connectivity index (χ0n) is 17.3. The van der Waals surface area contributed by atoms with Gasteiger partial charge in [0.2, 0.25) is 17.3 Å². The van der Waals surface area contributed by atoms with E-state index < -0.39 is 0 Å². The highest BCUT2D eigenvalue weighted by molar-refractivity contribution is 6.02. The topological polar surface area (TPSA) is 88.8 Å². The van der Waals surface area contributed by atoms with Gasteiger partial charge in [-0.25, -0.2) is 4.98 Å². The molecule has 2 aromatic heterocycles. The lowest BCUT2D eigenvalue weighted by Gasteiger charge is -2.29. The van der Waals surface area contributed by atoms with E-state index in [1.807, 2.05) is 47.1 Å². The van der Waals surface area contributed by atoms with E-state index in [4.69, 9.17) is 9.26 Å². The predicted octanol–water partition coefficient (Wildman–Crippen LogP) is 2.53. The summed E-state index contributed by atoms with van der Waals surface area (Å²) in [5, 5.41) is 4.53. The second-order valence-electron chi connectivity index (χ2n) is 8.06. The number of pyridine rings is 1. The molecule has 3 atom stereocenters. The van der Waals surface area contributed by atoms with Crippen molar-refractivity contribution >= 4 is 22.8 Å². The number of amides is 2. The molecule has 0 unspecified atom stereocenters. The van der Waals surface area contributed by atoms with Crippen molar-refractivity contribution in [3.63, 3.8) is 0 Å². The molecule has 0 bridgehead atoms. The number of likely N-dealkylation sites (tertiary alicyclic amines) is 2. The number of carbonyl (C=O) groups is 2. The average Bonchev–Trinajstić information content (AvgIpc) is 3.50. The number of nitrogens with zero attached hydrogens (tertiary/aromatic N) is 4. The first-order valence-electron chi connectivity index (χ1n) is 10.6. The quantitative estimate of drug-likeness (QED) is 0.630. The molecule has 0 radical (unpaired) electrons. The largest absolute Gasteiger partial charge is 0.372 e. The fraction of sp³-hybridized carbons (Fsp3) is 0.391. The molecular formula is C23H24N4O4. The summed E-state index contributed by atoms with van der Waals surface area (Å²) in [5.41, 5.74) is 1.52. The minimum Gasteiger partial charge on any atom is -0.372 e. The highest BCUT2D eigenvalue weighted by Crippen LogP contribution is 2.45. The van der Waals surface area contributed by atoms with Gasteiger partial charge < -0.3 is 19.1 Å². The maximum absolute atomic E-state index is 13.2. The van der Waals surface area contributed by atoms with Gasteiger partial charge in [0.25, 0.3) is 5.91 Å². The Labute approximate surface area is 179 Å². The Bertz CT molecular complexity index is 1100. The standard InChI is InChI=1S/C23H24N4O4/c1-2-30-14-19(28)27-12-16-11-26(13-18(16)20(27)15-7-4-3-5-8-15)23(29)21-17-9-6-10-24-22(17)25-31-21/h3-10,16,18,20H,2,11-14H2,1H3/t16-,18-,20+/m0/s1. The summed E-state index contributed by atoms with van der Waals surface area (Å²) < 4.78 is 10.7. The van der Waals surface area contributed by atoms with Gasteiger partial charge in [-0.15, -0.1) is 0 Å². The fourth-order valence-corrected chi connectivity index (χ4v) is 4.90. The van der Waals surface area contributed by atoms with Crippen LogP contribution in [0.5, 0.6) is 0 Å². The van der Waals surface area contributed by atoms with Crippen LogP contribution in [0, 0.1) is 11.8 Å². The van der Waals surface area contributed by atoms with E-state index in [0.717, 1.165) is 5.56 Å². The lowest BCUT2D eigenvalue weighted by Crippen LogP contribution is -2.39. The van der Waals surface area contributed by atoms with Crippen molar-refractivity contribution in [2.24, 2.45) is 11.8 Å². The van der Waals surface area contributed by atoms with Gasteiger partial charge in [0, 0.05) is 44.3 Å². The number of hydrogen-bond acceptors (Lipinski definition) is 6. The number of carbonyl (C=O) groups excluding carboxylic acids is 2. The Morgan fingerprint density at radius 3 is 2.77 bits per heavy atom. The Balaban J connectivity index is 1.40. The zero-order valence-corrected chi connectivity index (χ0v) is 17.3. The number of hydrogen-bond donors (Lipinski definition) is 0. The summed E-state index contributed by atoms with van der Waals surface area (Å²) in [6.45, 7) is 4.22. The van der Waals surface area contributed by atoms with E-state index in [0.29, 0.717) is 37.3 Å². The second-order valence-corrected chi connectivity index (χ2v) is 8.06. The van der Waals surface area contributed by atoms with E-state index in [2.05, 4.69) is 10.1 Å². The Kier molecular flexibility index (Phi) is 5.15. The summed E-state index contributed by atoms with van der Waals surface area (Å²) in [6.07, 6.45) is 1.62. The molecule has 8 nitrogen and oxygen atoms in total. The maximum Gasteiger partial charge on any atom is 0.293 e. The molecule has 8 heteroatoms. The van der Waals surface area contributed by atoms with Gasteiger partial charge in [-0.1, -0.05) is 35.5 Å². The number of rotatable bonds is 5. The van der Waals surface area contributed by atoms with Crippen molar-refractivity contribution in [3.05, 3.63) is 60.0 Å². The first-order valence-corrected chi connectivity index (χ1v) is 10.6. The summed E-state index contributed by atoms with van der Waals surface area (Å²) >= 11 is 0. The minimum atomic E-state index is -0.177. The van der Waals surface area contributed by atoms with Crippen molar-refractivity contribution in [2.75, 3.05) is 32.8 Å². The van der Waals surface area contributed by atoms with E-state index in [1.54, 1.807) is 18.3 Å². The van der Waals surface area contributed by atoms with Gasteiger partial charge in [0.05, 0.1) is 11.4 Å². The number of fused-ring (bicyclic) bond motifs is 2. The molecule has 0 saturated carbocycles. The normalized spacial score (nSPS) is 22.8. The van der Waals surface area contributed by atoms with Crippen LogP contribution >= 0.6 is 0 Å². The molecule has 2 amide bonds. The van der Waals surface area contributed by atoms with E-state index in [1.165, 1.54) is 0 Å². The highest BCUT2D eigenvalue weighted by atomic mass is 16.5. The molecule has 1 aromatic carbocycles. The molecule has 4 heterocycles. The van der Waals surface area contributed by atoms with Crippen LogP contribution < -0.4 is 0 Å². The number of ether oxygens (including phenoxy) is 1. The van der Waals surface area contributed by atoms with E-state index in [9.17, 15) is 9.59 Å². The Morgan fingerprint density at radius 2 is 1.97 bits per heavy atom. The van der Waals surface area contributed by atoms with E-state index >= 15 is 0 Å². The van der Waals surface area contributed by atoms with Gasteiger partial charge >= 0.3 is 0 Å². The van der Waals surface area contributed by atoms with E-state index in [-0.39, 0.29) is 42.1 Å². The summed E-state index contributed by atoms with van der Waals surface area (Å²) in [5.74, 6) is 0.402. The fourth-order valence-electron chi connectivity index (χ4n) is 4.90. The third kappa shape index (κ3) is 3.46. The third-order valence-electron chi connectivity index (χ3n) is 6.29. The van der Waals surface area contributed by atoms with Crippen LogP contribution in [0.3, 0.4) is 0 Å². The first kappa shape index (κ1) is 19.7. The second kappa shape index (κ2) is 8.11. The molecule has 3 aromatic rings. The summed E-state index contributed by atoms with van der Waals surface area (Å²) in [6, 6.07) is 13.5. The number of benzene rings is 1. The van der Waals surface area contributed by atoms with Crippen LogP contribution in [0.4, 0.5) is 0 Å². The monoisotopic (exact) mass is 420 g/mol. The molecule has 160 valence electrons. The van der Waals surface area contributed by atoms with Crippen LogP contribution in [-0.4, -0.2) is 64.6 Å². The van der Waals surface area contributed by atoms with Crippen molar-refractivity contribution in [2.45, 2.75) is 13.0 Å². The third-order valence-corrected chi connectivity index (χ3v) is 6.29. The van der Waals surface area contributed by atoms with Crippen molar-refractivity contribution in [3.8, 4) is 0 Å². The minimum absolute atomic E-state index is 0.00437. The lowest BCUT2D eigenvalue weighted by atomic mass is 9.89. The molecule has 31 heavy (non-hydrogen) atoms. The zero-order chi connectivity index (χ0) is 21.4. The SMILES string of the molecule is CCOCC(=O)N1C[C@@H]2CN(C(=O)c3onc4ncccc34)C[C@@H]2[C@H]1c1ccccc1. The van der Waals surface area contributed by atoms with Gasteiger partial charge in [-0.3, -0.25) is 9.59 Å². The molecule has 0 N–H and O–H groups in total. The Hall–Kier alpha value is -3.26. The Morgan fingerprint density at radius 1 is 1.13 bits per heavy atom. The molecule has 0 spiro atoms. The van der Waals surface area contributed by atoms with Gasteiger partial charge in [-0.2, -0.15) is 0 Å². The van der Waals surface area contributed by atoms with Crippen LogP contribution in [0.15, 0.2) is 53.2 Å². The van der Waals surface area contributed by atoms with Crippen molar-refractivity contribution in [1.82, 2.24) is 19.9 Å². The molecule has 2 aliphatic heterocycles. The molecular weight excluding hydrogens is 396 g/mol. The summed E-state index contributed by atoms with van der Waals surface area (Å²) in [7, 11) is 0. The van der Waals surface area contributed by atoms with Crippen LogP contribution in [0.1, 0.15) is 29.1 Å². The summed E-state index contributed by atoms with van der Waals surface area (Å²) in [4.78, 5) is 34.0. The van der Waals surface area contributed by atoms with Crippen LogP contribution in [-0.2, 0) is 9.53 Å². The molecule has 0 aliphatic carbocycles. The molecule has 2 fully saturated rings. The van der Waals surface area contributed by atoms with Gasteiger partial charge in [-0.05, 0) is 24.6 Å².